The molecular formula is C11H11FN4O. The van der Waals surface area contributed by atoms with Crippen molar-refractivity contribution in [3.63, 3.8) is 0 Å². The summed E-state index contributed by atoms with van der Waals surface area (Å²) in [5.41, 5.74) is 6.04. The van der Waals surface area contributed by atoms with Gasteiger partial charge in [-0.2, -0.15) is 9.97 Å². The second-order valence-corrected chi connectivity index (χ2v) is 3.41. The van der Waals surface area contributed by atoms with E-state index in [-0.39, 0.29) is 11.7 Å². The van der Waals surface area contributed by atoms with E-state index in [0.717, 1.165) is 0 Å². The molecule has 0 unspecified atom stereocenters. The van der Waals surface area contributed by atoms with Crippen molar-refractivity contribution < 1.29 is 9.13 Å². The number of aromatic nitrogens is 3. The molecule has 0 saturated carbocycles. The number of rotatable bonds is 2. The molecule has 0 aliphatic rings. The maximum atomic E-state index is 13.5. The zero-order chi connectivity index (χ0) is 12.4. The van der Waals surface area contributed by atoms with Gasteiger partial charge < -0.3 is 10.5 Å². The first-order valence-corrected chi connectivity index (χ1v) is 4.92. The first-order chi connectivity index (χ1) is 8.10. The van der Waals surface area contributed by atoms with Gasteiger partial charge in [-0.05, 0) is 25.1 Å². The van der Waals surface area contributed by atoms with Crippen LogP contribution in [0.3, 0.4) is 0 Å². The first kappa shape index (κ1) is 11.3. The number of benzene rings is 1. The van der Waals surface area contributed by atoms with Crippen LogP contribution in [0.25, 0.3) is 11.4 Å². The molecule has 0 amide bonds. The molecule has 0 fully saturated rings. The summed E-state index contributed by atoms with van der Waals surface area (Å²) in [7, 11) is 1.41. The van der Waals surface area contributed by atoms with Gasteiger partial charge in [0, 0.05) is 5.56 Å². The smallest absolute Gasteiger partial charge is 0.223 e. The molecule has 0 aliphatic carbocycles. The normalized spacial score (nSPS) is 10.3. The Morgan fingerprint density at radius 1 is 1.24 bits per heavy atom. The van der Waals surface area contributed by atoms with Crippen LogP contribution in [0.15, 0.2) is 18.2 Å². The minimum atomic E-state index is -0.471. The minimum absolute atomic E-state index is 0.115. The lowest BCUT2D eigenvalue weighted by molar-refractivity contribution is 0.386. The third-order valence-electron chi connectivity index (χ3n) is 2.17. The van der Waals surface area contributed by atoms with Crippen LogP contribution in [-0.4, -0.2) is 22.1 Å². The van der Waals surface area contributed by atoms with E-state index in [9.17, 15) is 4.39 Å². The summed E-state index contributed by atoms with van der Waals surface area (Å²) >= 11 is 0. The largest absolute Gasteiger partial charge is 0.494 e. The lowest BCUT2D eigenvalue weighted by Crippen LogP contribution is -2.02. The monoisotopic (exact) mass is 234 g/mol. The molecule has 1 aromatic heterocycles. The quantitative estimate of drug-likeness (QED) is 0.853. The molecule has 6 heteroatoms. The van der Waals surface area contributed by atoms with Crippen molar-refractivity contribution in [2.75, 3.05) is 12.8 Å². The highest BCUT2D eigenvalue weighted by atomic mass is 19.1. The van der Waals surface area contributed by atoms with Crippen LogP contribution in [0.5, 0.6) is 5.75 Å². The summed E-state index contributed by atoms with van der Waals surface area (Å²) in [5.74, 6) is 0.651. The number of nitrogens with two attached hydrogens (primary N) is 1. The van der Waals surface area contributed by atoms with Crippen LogP contribution in [0.4, 0.5) is 10.3 Å². The maximum Gasteiger partial charge on any atom is 0.223 e. The average molecular weight is 234 g/mol. The van der Waals surface area contributed by atoms with Crippen molar-refractivity contribution >= 4 is 5.95 Å². The van der Waals surface area contributed by atoms with Crippen LogP contribution >= 0.6 is 0 Å². The second-order valence-electron chi connectivity index (χ2n) is 3.41. The van der Waals surface area contributed by atoms with E-state index in [1.807, 2.05) is 0 Å². The van der Waals surface area contributed by atoms with Gasteiger partial charge in [0.1, 0.15) is 5.82 Å². The number of nitrogen functional groups attached to an aromatic ring is 1. The Morgan fingerprint density at radius 2 is 2.00 bits per heavy atom. The summed E-state index contributed by atoms with van der Waals surface area (Å²) in [4.78, 5) is 11.9. The van der Waals surface area contributed by atoms with E-state index >= 15 is 0 Å². The van der Waals surface area contributed by atoms with Crippen molar-refractivity contribution in [3.8, 4) is 17.1 Å². The third kappa shape index (κ3) is 2.30. The van der Waals surface area contributed by atoms with Gasteiger partial charge in [0.2, 0.25) is 5.95 Å². The van der Waals surface area contributed by atoms with Crippen molar-refractivity contribution in [2.24, 2.45) is 0 Å². The fourth-order valence-corrected chi connectivity index (χ4v) is 1.44. The number of halogens is 1. The maximum absolute atomic E-state index is 13.5. The number of hydrogen-bond donors (Lipinski definition) is 1. The van der Waals surface area contributed by atoms with E-state index < -0.39 is 5.82 Å². The SMILES string of the molecule is COc1ccc(-c2nc(C)nc(N)n2)cc1F. The van der Waals surface area contributed by atoms with Crippen LogP contribution in [-0.2, 0) is 0 Å². The third-order valence-corrected chi connectivity index (χ3v) is 2.17. The van der Waals surface area contributed by atoms with Crippen LogP contribution < -0.4 is 10.5 Å². The molecule has 0 saturated heterocycles. The van der Waals surface area contributed by atoms with Crippen molar-refractivity contribution in [1.29, 1.82) is 0 Å². The fraction of sp³-hybridized carbons (Fsp3) is 0.182. The number of hydrogen-bond acceptors (Lipinski definition) is 5. The standard InChI is InChI=1S/C11H11FN4O/c1-6-14-10(16-11(13)15-6)7-3-4-9(17-2)8(12)5-7/h3-5H,1-2H3,(H2,13,14,15,16). The Morgan fingerprint density at radius 3 is 2.59 bits per heavy atom. The predicted octanol–water partition coefficient (Wildman–Crippen LogP) is 1.58. The highest BCUT2D eigenvalue weighted by molar-refractivity contribution is 5.57. The van der Waals surface area contributed by atoms with Crippen LogP contribution in [0, 0.1) is 12.7 Å². The highest BCUT2D eigenvalue weighted by Crippen LogP contribution is 2.23. The minimum Gasteiger partial charge on any atom is -0.494 e. The summed E-state index contributed by atoms with van der Waals surface area (Å²) in [6.45, 7) is 1.70. The highest BCUT2D eigenvalue weighted by Gasteiger charge is 2.08. The summed E-state index contributed by atoms with van der Waals surface area (Å²) in [6.07, 6.45) is 0. The van der Waals surface area contributed by atoms with Gasteiger partial charge in [0.15, 0.2) is 17.4 Å². The number of anilines is 1. The van der Waals surface area contributed by atoms with Crippen molar-refractivity contribution in [2.45, 2.75) is 6.92 Å². The van der Waals surface area contributed by atoms with Crippen molar-refractivity contribution in [1.82, 2.24) is 15.0 Å². The molecule has 17 heavy (non-hydrogen) atoms. The van der Waals surface area contributed by atoms with E-state index in [1.54, 1.807) is 13.0 Å². The van der Waals surface area contributed by atoms with Crippen LogP contribution in [0.2, 0.25) is 0 Å². The number of ether oxygens (including phenoxy) is 1. The van der Waals surface area contributed by atoms with Gasteiger partial charge in [0.05, 0.1) is 7.11 Å². The fourth-order valence-electron chi connectivity index (χ4n) is 1.44. The Kier molecular flexibility index (Phi) is 2.86. The zero-order valence-corrected chi connectivity index (χ0v) is 9.44. The summed E-state index contributed by atoms with van der Waals surface area (Å²) < 4.78 is 18.3. The predicted molar refractivity (Wildman–Crippen MR) is 60.9 cm³/mol. The van der Waals surface area contributed by atoms with Gasteiger partial charge in [-0.1, -0.05) is 0 Å². The lowest BCUT2D eigenvalue weighted by atomic mass is 10.2. The average Bonchev–Trinajstić information content (AvgIpc) is 2.27. The van der Waals surface area contributed by atoms with Gasteiger partial charge in [-0.15, -0.1) is 0 Å². The zero-order valence-electron chi connectivity index (χ0n) is 9.44. The molecule has 1 heterocycles. The molecule has 1 aromatic carbocycles. The van der Waals surface area contributed by atoms with Crippen molar-refractivity contribution in [3.05, 3.63) is 29.8 Å². The molecule has 2 aromatic rings. The summed E-state index contributed by atoms with van der Waals surface area (Å²) in [5, 5.41) is 0. The molecule has 0 atom stereocenters. The van der Waals surface area contributed by atoms with Gasteiger partial charge in [-0.3, -0.25) is 0 Å². The lowest BCUT2D eigenvalue weighted by Gasteiger charge is -2.05. The molecule has 0 aliphatic heterocycles. The van der Waals surface area contributed by atoms with E-state index in [1.165, 1.54) is 19.2 Å². The van der Waals surface area contributed by atoms with Gasteiger partial charge in [-0.25, -0.2) is 9.37 Å². The molecular weight excluding hydrogens is 223 g/mol. The molecule has 2 rings (SSSR count). The first-order valence-electron chi connectivity index (χ1n) is 4.92. The number of nitrogens with zero attached hydrogens (tertiary/aromatic N) is 3. The molecule has 88 valence electrons. The Bertz CT molecular complexity index is 539. The van der Waals surface area contributed by atoms with E-state index in [4.69, 9.17) is 10.5 Å². The van der Waals surface area contributed by atoms with Gasteiger partial charge >= 0.3 is 0 Å². The van der Waals surface area contributed by atoms with E-state index in [0.29, 0.717) is 17.2 Å². The second kappa shape index (κ2) is 4.32. The van der Waals surface area contributed by atoms with Gasteiger partial charge in [0.25, 0.3) is 0 Å². The number of aryl methyl sites for hydroxylation is 1. The molecule has 2 N–H and O–H groups in total. The summed E-state index contributed by atoms with van der Waals surface area (Å²) in [6, 6.07) is 4.48. The molecule has 0 bridgehead atoms. The number of methoxy groups -OCH3 is 1. The van der Waals surface area contributed by atoms with Crippen LogP contribution in [0.1, 0.15) is 5.82 Å². The molecule has 0 spiro atoms. The molecule has 5 nitrogen and oxygen atoms in total. The Balaban J connectivity index is 2.49. The molecule has 0 radical (unpaired) electrons. The topological polar surface area (TPSA) is 73.9 Å². The van der Waals surface area contributed by atoms with E-state index in [2.05, 4.69) is 15.0 Å². The Hall–Kier alpha value is -2.24. The Labute approximate surface area is 97.5 Å².